The lowest BCUT2D eigenvalue weighted by Crippen LogP contribution is -2.17. The fraction of sp³-hybridized carbons (Fsp3) is 0.455. The average molecular weight is 404 g/mol. The normalized spacial score (nSPS) is 12.1. The van der Waals surface area contributed by atoms with Crippen LogP contribution in [-0.2, 0) is 14.3 Å². The molecule has 28 heavy (non-hydrogen) atoms. The highest BCUT2D eigenvalue weighted by atomic mass is 32.2. The first-order valence-corrected chi connectivity index (χ1v) is 10.3. The van der Waals surface area contributed by atoms with Gasteiger partial charge in [0.15, 0.2) is 6.61 Å². The first-order chi connectivity index (χ1) is 13.2. The predicted octanol–water partition coefficient (Wildman–Crippen LogP) is 4.45. The van der Waals surface area contributed by atoms with E-state index in [1.165, 1.54) is 22.9 Å². The van der Waals surface area contributed by atoms with E-state index < -0.39 is 5.97 Å². The molecule has 0 fully saturated rings. The third-order valence-corrected chi connectivity index (χ3v) is 5.80. The minimum atomic E-state index is -0.391. The molecule has 0 saturated carbocycles. The summed E-state index contributed by atoms with van der Waals surface area (Å²) < 4.78 is 12.5. The van der Waals surface area contributed by atoms with Crippen LogP contribution in [0.4, 0.5) is 0 Å². The summed E-state index contributed by atoms with van der Waals surface area (Å²) in [6, 6.07) is 8.05. The van der Waals surface area contributed by atoms with E-state index >= 15 is 0 Å². The van der Waals surface area contributed by atoms with Gasteiger partial charge in [-0.15, -0.1) is 11.8 Å². The van der Waals surface area contributed by atoms with Crippen molar-refractivity contribution in [2.75, 3.05) is 26.1 Å². The third kappa shape index (κ3) is 5.49. The minimum Gasteiger partial charge on any atom is -0.457 e. The van der Waals surface area contributed by atoms with E-state index in [0.29, 0.717) is 12.2 Å². The molecule has 0 amide bonds. The number of Topliss-reactive ketones (excluding diaryl/α,β-unsaturated/α-hetero) is 1. The first-order valence-electron chi connectivity index (χ1n) is 9.30. The zero-order valence-corrected chi connectivity index (χ0v) is 18.3. The van der Waals surface area contributed by atoms with Gasteiger partial charge in [-0.1, -0.05) is 6.07 Å². The van der Waals surface area contributed by atoms with Gasteiger partial charge in [-0.05, 0) is 63.9 Å². The minimum absolute atomic E-state index is 0.128. The predicted molar refractivity (Wildman–Crippen MR) is 112 cm³/mol. The van der Waals surface area contributed by atoms with Gasteiger partial charge in [0.25, 0.3) is 0 Å². The number of carbonyl (C=O) groups is 2. The highest BCUT2D eigenvalue weighted by Crippen LogP contribution is 2.22. The Morgan fingerprint density at radius 3 is 2.46 bits per heavy atom. The maximum absolute atomic E-state index is 12.5. The van der Waals surface area contributed by atoms with E-state index in [1.807, 2.05) is 45.9 Å². The molecule has 1 heterocycles. The number of thioether (sulfide) groups is 1. The maximum atomic E-state index is 12.5. The summed E-state index contributed by atoms with van der Waals surface area (Å²) in [5.41, 5.74) is 4.85. The van der Waals surface area contributed by atoms with Crippen molar-refractivity contribution in [2.45, 2.75) is 45.6 Å². The van der Waals surface area contributed by atoms with Gasteiger partial charge >= 0.3 is 5.97 Å². The third-order valence-electron chi connectivity index (χ3n) is 4.83. The molecule has 1 aromatic heterocycles. The number of aryl methyl sites for hydroxylation is 3. The average Bonchev–Trinajstić information content (AvgIpc) is 2.95. The van der Waals surface area contributed by atoms with Gasteiger partial charge in [0.05, 0.1) is 18.4 Å². The molecule has 0 bridgehead atoms. The fourth-order valence-corrected chi connectivity index (χ4v) is 4.06. The van der Waals surface area contributed by atoms with Gasteiger partial charge in [0.2, 0.25) is 5.78 Å². The topological polar surface area (TPSA) is 57.5 Å². The number of ether oxygens (including phenoxy) is 2. The second kappa shape index (κ2) is 9.94. The SMILES string of the molecule is COC[C@@H](C)n1c(C)cc(C(=O)COC(=O)CSc2ccc(C)c(C)c2)c1C. The summed E-state index contributed by atoms with van der Waals surface area (Å²) in [5, 5.41) is 0. The lowest BCUT2D eigenvalue weighted by Gasteiger charge is -2.17. The summed E-state index contributed by atoms with van der Waals surface area (Å²) >= 11 is 1.41. The molecule has 2 aromatic rings. The van der Waals surface area contributed by atoms with Gasteiger partial charge in [-0.2, -0.15) is 0 Å². The van der Waals surface area contributed by atoms with E-state index in [1.54, 1.807) is 7.11 Å². The van der Waals surface area contributed by atoms with Gasteiger partial charge in [0.1, 0.15) is 0 Å². The molecule has 0 aliphatic rings. The first kappa shape index (κ1) is 22.2. The van der Waals surface area contributed by atoms with E-state index in [2.05, 4.69) is 17.6 Å². The van der Waals surface area contributed by atoms with Crippen LogP contribution in [0.2, 0.25) is 0 Å². The van der Waals surface area contributed by atoms with Crippen LogP contribution in [0.15, 0.2) is 29.2 Å². The van der Waals surface area contributed by atoms with Crippen molar-refractivity contribution in [2.24, 2.45) is 0 Å². The lowest BCUT2D eigenvalue weighted by molar-refractivity contribution is -0.139. The Morgan fingerprint density at radius 2 is 1.82 bits per heavy atom. The van der Waals surface area contributed by atoms with Gasteiger partial charge in [-0.25, -0.2) is 0 Å². The van der Waals surface area contributed by atoms with Crippen LogP contribution in [0, 0.1) is 27.7 Å². The highest BCUT2D eigenvalue weighted by Gasteiger charge is 2.20. The van der Waals surface area contributed by atoms with Crippen molar-refractivity contribution < 1.29 is 19.1 Å². The largest absolute Gasteiger partial charge is 0.457 e. The molecule has 0 aliphatic carbocycles. The standard InChI is InChI=1S/C22H29NO4S/c1-14-7-8-19(9-15(14)2)28-13-22(25)27-12-21(24)20-10-16(3)23(18(20)5)17(4)11-26-6/h7-10,17H,11-13H2,1-6H3/t17-/m1/s1. The van der Waals surface area contributed by atoms with Crippen LogP contribution in [-0.4, -0.2) is 42.4 Å². The molecule has 5 nitrogen and oxygen atoms in total. The number of esters is 1. The van der Waals surface area contributed by atoms with Crippen molar-refractivity contribution >= 4 is 23.5 Å². The number of hydrogen-bond donors (Lipinski definition) is 0. The number of methoxy groups -OCH3 is 1. The number of aromatic nitrogens is 1. The van der Waals surface area contributed by atoms with E-state index in [0.717, 1.165) is 16.3 Å². The molecule has 0 N–H and O–H groups in total. The lowest BCUT2D eigenvalue weighted by atomic mass is 10.1. The molecule has 0 unspecified atom stereocenters. The van der Waals surface area contributed by atoms with Crippen molar-refractivity contribution in [1.29, 1.82) is 0 Å². The molecule has 6 heteroatoms. The molecule has 1 atom stereocenters. The molecule has 152 valence electrons. The van der Waals surface area contributed by atoms with Crippen molar-refractivity contribution in [1.82, 2.24) is 4.57 Å². The van der Waals surface area contributed by atoms with E-state index in [-0.39, 0.29) is 24.2 Å². The summed E-state index contributed by atoms with van der Waals surface area (Å²) in [6.07, 6.45) is 0. The Hall–Kier alpha value is -2.05. The molecular formula is C22H29NO4S. The molecular weight excluding hydrogens is 374 g/mol. The van der Waals surface area contributed by atoms with Crippen LogP contribution in [0.25, 0.3) is 0 Å². The molecule has 0 aliphatic heterocycles. The Balaban J connectivity index is 1.92. The van der Waals surface area contributed by atoms with E-state index in [9.17, 15) is 9.59 Å². The number of benzene rings is 1. The zero-order valence-electron chi connectivity index (χ0n) is 17.5. The number of rotatable bonds is 9. The van der Waals surface area contributed by atoms with Gasteiger partial charge in [0, 0.05) is 29.0 Å². The maximum Gasteiger partial charge on any atom is 0.316 e. The van der Waals surface area contributed by atoms with Crippen LogP contribution in [0.1, 0.15) is 45.8 Å². The molecule has 0 spiro atoms. The highest BCUT2D eigenvalue weighted by molar-refractivity contribution is 8.00. The Bertz CT molecular complexity index is 856. The van der Waals surface area contributed by atoms with Crippen molar-refractivity contribution in [3.63, 3.8) is 0 Å². The van der Waals surface area contributed by atoms with Crippen LogP contribution in [0.3, 0.4) is 0 Å². The number of nitrogens with zero attached hydrogens (tertiary/aromatic N) is 1. The summed E-state index contributed by atoms with van der Waals surface area (Å²) in [4.78, 5) is 25.6. The van der Waals surface area contributed by atoms with Crippen LogP contribution < -0.4 is 0 Å². The fourth-order valence-electron chi connectivity index (χ4n) is 3.26. The number of carbonyl (C=O) groups excluding carboxylic acids is 2. The van der Waals surface area contributed by atoms with Gasteiger partial charge in [-0.3, -0.25) is 9.59 Å². The summed E-state index contributed by atoms with van der Waals surface area (Å²) in [7, 11) is 1.66. The van der Waals surface area contributed by atoms with Gasteiger partial charge < -0.3 is 14.0 Å². The molecule has 1 aromatic carbocycles. The smallest absolute Gasteiger partial charge is 0.316 e. The second-order valence-electron chi connectivity index (χ2n) is 7.08. The molecule has 0 saturated heterocycles. The number of hydrogen-bond acceptors (Lipinski definition) is 5. The van der Waals surface area contributed by atoms with Crippen LogP contribution in [0.5, 0.6) is 0 Å². The Kier molecular flexibility index (Phi) is 7.89. The van der Waals surface area contributed by atoms with Crippen molar-refractivity contribution in [3.8, 4) is 0 Å². The Morgan fingerprint density at radius 1 is 1.11 bits per heavy atom. The molecule has 2 rings (SSSR count). The molecule has 0 radical (unpaired) electrons. The number of ketones is 1. The zero-order chi connectivity index (χ0) is 20.8. The van der Waals surface area contributed by atoms with Crippen LogP contribution >= 0.6 is 11.8 Å². The monoisotopic (exact) mass is 403 g/mol. The van der Waals surface area contributed by atoms with E-state index in [4.69, 9.17) is 9.47 Å². The Labute approximate surface area is 171 Å². The summed E-state index contributed by atoms with van der Waals surface area (Å²) in [5.74, 6) is -0.397. The summed E-state index contributed by atoms with van der Waals surface area (Å²) in [6.45, 7) is 10.3. The van der Waals surface area contributed by atoms with Crippen molar-refractivity contribution in [3.05, 3.63) is 52.3 Å². The quantitative estimate of drug-likeness (QED) is 0.352. The second-order valence-corrected chi connectivity index (χ2v) is 8.13.